The standard InChI is InChI=1S/C24H21ClFN5O4S2.C22H22ClFN4O3S.C21H19ClF4N4O4S2/c1-2-35-24(32)20-19-11-15(30-37(33,34)16-4-3-7-27-12-16)13-31(19)22(23-28-8-9-36-23)29-21(20)17-6-5-14(26)10-18(17)25;1-4-31-22(30)18-17-10-14(27(3)12(2)29)11-28(17)20(21-25-7-8-32-21)26-19(18)15-6-5-13(24)9-16(15)23;1-2-34-20(31)16-15-8-12(29-36(32,33)10-21(24,25)26)9-30(15)18(19-27-5-6-35-19)28-17(16)13-4-3-11(23)7-14(13)22/h3-10,12,15,21,30H,2,11,13H2,1H3;5-9,14,19H,4,10-11H2,1-3H3;3-7,12,17,29H,2,8-10H2,1H3/t15-,21-;14-,19-;12-,17-/m000/s1. The molecular formula is C67H62Cl3F6N13O11S5. The van der Waals surface area contributed by atoms with Gasteiger partial charge >= 0.3 is 24.1 Å². The highest BCUT2D eigenvalue weighted by atomic mass is 35.5. The Balaban J connectivity index is 0.000000158. The Labute approximate surface area is 624 Å². The number of pyridine rings is 1. The minimum Gasteiger partial charge on any atom is -0.463 e. The van der Waals surface area contributed by atoms with Crippen molar-refractivity contribution in [2.45, 2.75) is 94.3 Å². The zero-order valence-corrected chi connectivity index (χ0v) is 62.2. The highest BCUT2D eigenvalue weighted by Crippen LogP contribution is 2.47. The summed E-state index contributed by atoms with van der Waals surface area (Å²) in [6.07, 6.45) is 3.18. The second-order valence-corrected chi connectivity index (χ2v) is 31.1. The fourth-order valence-corrected chi connectivity index (χ4v) is 17.6. The number of nitrogens with zero attached hydrogens (tertiary/aromatic N) is 11. The molecule has 6 aliphatic rings. The summed E-state index contributed by atoms with van der Waals surface area (Å²) in [4.78, 5) is 89.8. The zero-order valence-electron chi connectivity index (χ0n) is 55.9. The van der Waals surface area contributed by atoms with E-state index in [1.807, 2.05) is 10.3 Å². The fourth-order valence-electron chi connectivity index (χ4n) is 12.5. The van der Waals surface area contributed by atoms with E-state index in [0.717, 1.165) is 18.2 Å². The summed E-state index contributed by atoms with van der Waals surface area (Å²) in [6.45, 7) is 7.44. The third-order valence-electron chi connectivity index (χ3n) is 16.9. The van der Waals surface area contributed by atoms with Crippen molar-refractivity contribution < 1.29 is 76.6 Å². The molecule has 24 nitrogen and oxygen atoms in total. The molecule has 0 bridgehead atoms. The van der Waals surface area contributed by atoms with Crippen LogP contribution in [0, 0.1) is 17.5 Å². The van der Waals surface area contributed by atoms with E-state index in [9.17, 15) is 62.4 Å². The predicted octanol–water partition coefficient (Wildman–Crippen LogP) is 11.3. The van der Waals surface area contributed by atoms with Crippen molar-refractivity contribution in [2.24, 2.45) is 15.0 Å². The summed E-state index contributed by atoms with van der Waals surface area (Å²) in [6, 6.07) is 10.1. The molecule has 0 saturated carbocycles. The molecule has 7 aromatic rings. The van der Waals surface area contributed by atoms with Crippen molar-refractivity contribution in [1.29, 1.82) is 0 Å². The van der Waals surface area contributed by atoms with Gasteiger partial charge in [-0.3, -0.25) is 24.8 Å². The molecule has 2 N–H and O–H groups in total. The normalized spacial score (nSPS) is 20.0. The lowest BCUT2D eigenvalue weighted by molar-refractivity contribution is -0.140. The van der Waals surface area contributed by atoms with Gasteiger partial charge in [0.15, 0.2) is 38.3 Å². The molecule has 38 heteroatoms. The third kappa shape index (κ3) is 17.5. The number of hydrogen-bond donors (Lipinski definition) is 2. The molecule has 6 atom stereocenters. The molecular weight excluding hydrogens is 1540 g/mol. The lowest BCUT2D eigenvalue weighted by Crippen LogP contribution is -2.42. The number of esters is 3. The van der Waals surface area contributed by atoms with Gasteiger partial charge < -0.3 is 33.8 Å². The Morgan fingerprint density at radius 3 is 1.29 bits per heavy atom. The van der Waals surface area contributed by atoms with Gasteiger partial charge in [-0.25, -0.2) is 68.8 Å². The molecule has 13 rings (SSSR count). The van der Waals surface area contributed by atoms with Gasteiger partial charge in [0.25, 0.3) is 0 Å². The van der Waals surface area contributed by atoms with Crippen LogP contribution in [0.5, 0.6) is 0 Å². The number of sulfonamides is 2. The van der Waals surface area contributed by atoms with Gasteiger partial charge in [-0.15, -0.1) is 34.0 Å². The van der Waals surface area contributed by atoms with Crippen LogP contribution in [0.25, 0.3) is 0 Å². The SMILES string of the molecule is CCOC(=O)C1=C2C[C@H](N(C)C(C)=O)CN2C(c2nccs2)=N[C@H]1c1ccc(F)cc1Cl.CCOC(=O)C1=C2C[C@H](NS(=O)(=O)CC(F)(F)F)CN2C(c2nccs2)=N[C@H]1c1ccc(F)cc1Cl.CCOC(=O)C1=C2C[C@H](NS(=O)(=O)c3cccnc3)CN2C(c2nccs2)=N[C@H]1c1ccc(F)cc1Cl. The van der Waals surface area contributed by atoms with E-state index in [1.54, 1.807) is 65.7 Å². The van der Waals surface area contributed by atoms with Crippen LogP contribution in [0.1, 0.15) is 96.8 Å². The number of amides is 1. The van der Waals surface area contributed by atoms with Crippen molar-refractivity contribution >= 4 is 130 Å². The number of halogens is 9. The van der Waals surface area contributed by atoms with Crippen molar-refractivity contribution in [3.8, 4) is 0 Å². The van der Waals surface area contributed by atoms with Gasteiger partial charge in [0.2, 0.25) is 26.0 Å². The topological polar surface area (TPSA) is 290 Å². The van der Waals surface area contributed by atoms with Crippen LogP contribution in [0.3, 0.4) is 0 Å². The molecule has 0 aliphatic carbocycles. The lowest BCUT2D eigenvalue weighted by Gasteiger charge is -2.31. The Bertz CT molecular complexity index is 4900. The maximum absolute atomic E-state index is 13.8. The van der Waals surface area contributed by atoms with E-state index in [2.05, 4.69) is 34.4 Å². The number of amidine groups is 3. The van der Waals surface area contributed by atoms with E-state index in [4.69, 9.17) is 59.0 Å². The molecule has 554 valence electrons. The number of alkyl halides is 3. The number of aromatic nitrogens is 4. The molecule has 1 amide bonds. The Hall–Kier alpha value is -8.52. The van der Waals surface area contributed by atoms with E-state index in [1.165, 1.54) is 108 Å². The molecule has 105 heavy (non-hydrogen) atoms. The molecule has 0 unspecified atom stereocenters. The molecule has 4 aromatic heterocycles. The average molecular weight is 1610 g/mol. The van der Waals surface area contributed by atoms with Crippen LogP contribution in [0.4, 0.5) is 26.3 Å². The van der Waals surface area contributed by atoms with Crippen LogP contribution in [0.15, 0.2) is 168 Å². The van der Waals surface area contributed by atoms with Gasteiger partial charge in [0.1, 0.15) is 40.5 Å². The van der Waals surface area contributed by atoms with Crippen LogP contribution >= 0.6 is 68.8 Å². The maximum atomic E-state index is 13.8. The summed E-state index contributed by atoms with van der Waals surface area (Å²) in [7, 11) is -6.85. The molecule has 10 heterocycles. The summed E-state index contributed by atoms with van der Waals surface area (Å²) in [5.74, 6) is -4.26. The second-order valence-electron chi connectivity index (χ2n) is 23.7. The van der Waals surface area contributed by atoms with Gasteiger partial charge in [0, 0.05) is 161 Å². The smallest absolute Gasteiger partial charge is 0.404 e. The number of fused-ring (bicyclic) bond motifs is 3. The Kier molecular flexibility index (Phi) is 24.1. The number of likely N-dealkylation sites (N-methyl/N-ethyl adjacent to an activating group) is 1. The molecule has 3 fully saturated rings. The van der Waals surface area contributed by atoms with Crippen LogP contribution in [0.2, 0.25) is 15.1 Å². The van der Waals surface area contributed by atoms with Crippen LogP contribution in [-0.4, -0.2) is 174 Å². The number of thiazole rings is 3. The van der Waals surface area contributed by atoms with Gasteiger partial charge in [-0.1, -0.05) is 53.0 Å². The first-order valence-electron chi connectivity index (χ1n) is 32.0. The number of nitrogens with one attached hydrogen (secondary N) is 2. The van der Waals surface area contributed by atoms with Gasteiger partial charge in [-0.2, -0.15) is 13.2 Å². The van der Waals surface area contributed by atoms with E-state index in [0.29, 0.717) is 79.0 Å². The monoisotopic (exact) mass is 1600 g/mol. The third-order valence-corrected chi connectivity index (χ3v) is 23.1. The molecule has 0 radical (unpaired) electrons. The first-order valence-corrected chi connectivity index (χ1v) is 38.9. The molecule has 3 saturated heterocycles. The van der Waals surface area contributed by atoms with Crippen molar-refractivity contribution in [3.63, 3.8) is 0 Å². The number of aliphatic imine (C=N–C) groups is 3. The second kappa shape index (κ2) is 32.7. The maximum Gasteiger partial charge on any atom is 0.404 e. The van der Waals surface area contributed by atoms with Crippen LogP contribution < -0.4 is 9.44 Å². The Morgan fingerprint density at radius 1 is 0.571 bits per heavy atom. The Morgan fingerprint density at radius 2 is 0.952 bits per heavy atom. The number of carbonyl (C=O) groups excluding carboxylic acids is 4. The molecule has 3 aromatic carbocycles. The molecule has 0 spiro atoms. The number of ether oxygens (including phenoxy) is 3. The van der Waals surface area contributed by atoms with Crippen LogP contribution in [-0.2, 0) is 53.4 Å². The lowest BCUT2D eigenvalue weighted by atomic mass is 9.94. The molecule has 6 aliphatic heterocycles. The zero-order chi connectivity index (χ0) is 75.4. The first kappa shape index (κ1) is 77.6. The summed E-state index contributed by atoms with van der Waals surface area (Å²) >= 11 is 23.1. The first-order chi connectivity index (χ1) is 50.0. The number of benzene rings is 3. The largest absolute Gasteiger partial charge is 0.463 e. The van der Waals surface area contributed by atoms with E-state index >= 15 is 0 Å². The summed E-state index contributed by atoms with van der Waals surface area (Å²) < 4.78 is 151. The van der Waals surface area contributed by atoms with Crippen molar-refractivity contribution in [3.05, 3.63) is 212 Å². The van der Waals surface area contributed by atoms with Gasteiger partial charge in [0.05, 0.1) is 42.6 Å². The number of rotatable bonds is 19. The van der Waals surface area contributed by atoms with Gasteiger partial charge in [-0.05, 0) is 69.3 Å². The summed E-state index contributed by atoms with van der Waals surface area (Å²) in [5, 5.41) is 7.29. The average Bonchev–Trinajstić information content (AvgIpc) is 1.67. The summed E-state index contributed by atoms with van der Waals surface area (Å²) in [5.41, 5.74) is 3.38. The fraction of sp³-hybridized carbons (Fsp3) is 0.328. The van der Waals surface area contributed by atoms with E-state index < -0.39 is 97.5 Å². The highest BCUT2D eigenvalue weighted by Gasteiger charge is 2.48. The number of hydrogen-bond acceptors (Lipinski definition) is 24. The van der Waals surface area contributed by atoms with E-state index in [-0.39, 0.29) is 94.6 Å². The minimum absolute atomic E-state index is 0.00138. The van der Waals surface area contributed by atoms with Crippen molar-refractivity contribution in [1.82, 2.24) is 49.0 Å². The predicted molar refractivity (Wildman–Crippen MR) is 381 cm³/mol. The highest BCUT2D eigenvalue weighted by molar-refractivity contribution is 7.89. The quantitative estimate of drug-likeness (QED) is 0.0432. The van der Waals surface area contributed by atoms with Crippen molar-refractivity contribution in [2.75, 3.05) is 52.3 Å². The minimum atomic E-state index is -4.93. The number of carbonyl (C=O) groups is 4.